The normalized spacial score (nSPS) is 21.9. The van der Waals surface area contributed by atoms with Crippen LogP contribution in [0, 0.1) is 11.8 Å². The number of nitrogens with one attached hydrogen (secondary N) is 2. The van der Waals surface area contributed by atoms with Crippen molar-refractivity contribution in [3.63, 3.8) is 0 Å². The molecule has 0 unspecified atom stereocenters. The number of fused-ring (bicyclic) bond motifs is 1. The third kappa shape index (κ3) is 3.92. The molecule has 2 aromatic heterocycles. The number of carbonyl (C=O) groups excluding carboxylic acids is 1. The van der Waals surface area contributed by atoms with E-state index >= 15 is 0 Å². The minimum Gasteiger partial charge on any atom is -0.349 e. The Morgan fingerprint density at radius 1 is 1.17 bits per heavy atom. The molecule has 1 aromatic carbocycles. The molecule has 2 N–H and O–H groups in total. The lowest BCUT2D eigenvalue weighted by atomic mass is 9.78. The number of aromatic nitrogens is 2. The second-order valence-electron chi connectivity index (χ2n) is 8.03. The quantitative estimate of drug-likeness (QED) is 0.690. The zero-order valence-electron chi connectivity index (χ0n) is 16.6. The average Bonchev–Trinajstić information content (AvgIpc) is 3.17. The molecule has 6 nitrogen and oxygen atoms in total. The van der Waals surface area contributed by atoms with Crippen LogP contribution in [0.5, 0.6) is 0 Å². The molecule has 1 amide bonds. The first kappa shape index (κ1) is 19.6. The van der Waals surface area contributed by atoms with Gasteiger partial charge in [-0.25, -0.2) is 4.79 Å². The van der Waals surface area contributed by atoms with E-state index in [0.29, 0.717) is 27.6 Å². The number of carbonyl (C=O) groups is 1. The number of aromatic amines is 1. The molecular weight excluding hydrogens is 386 g/mol. The monoisotopic (exact) mass is 411 g/mol. The Labute approximate surface area is 172 Å². The van der Waals surface area contributed by atoms with Gasteiger partial charge in [-0.15, -0.1) is 11.3 Å². The third-order valence-corrected chi connectivity index (χ3v) is 7.07. The Hall–Kier alpha value is -2.67. The predicted octanol–water partition coefficient (Wildman–Crippen LogP) is 3.35. The molecule has 1 aliphatic rings. The fourth-order valence-electron chi connectivity index (χ4n) is 4.10. The molecule has 0 radical (unpaired) electrons. The van der Waals surface area contributed by atoms with Crippen LogP contribution in [0.3, 0.4) is 0 Å². The highest BCUT2D eigenvalue weighted by molar-refractivity contribution is 7.17. The Balaban J connectivity index is 1.49. The topological polar surface area (TPSA) is 84.0 Å². The van der Waals surface area contributed by atoms with Crippen LogP contribution < -0.4 is 16.6 Å². The highest BCUT2D eigenvalue weighted by atomic mass is 32.1. The molecule has 29 heavy (non-hydrogen) atoms. The van der Waals surface area contributed by atoms with Crippen LogP contribution in [0.4, 0.5) is 0 Å². The van der Waals surface area contributed by atoms with Crippen LogP contribution in [0.1, 0.15) is 49.0 Å². The van der Waals surface area contributed by atoms with Crippen molar-refractivity contribution in [3.05, 3.63) is 67.7 Å². The van der Waals surface area contributed by atoms with E-state index in [1.165, 1.54) is 22.3 Å². The maximum absolute atomic E-state index is 12.6. The Morgan fingerprint density at radius 3 is 2.69 bits per heavy atom. The number of nitrogens with zero attached hydrogens (tertiary/aromatic N) is 1. The summed E-state index contributed by atoms with van der Waals surface area (Å²) >= 11 is 1.31. The fraction of sp³-hybridized carbons (Fsp3) is 0.409. The molecule has 3 atom stereocenters. The van der Waals surface area contributed by atoms with Crippen LogP contribution in [-0.2, 0) is 6.54 Å². The lowest BCUT2D eigenvalue weighted by Gasteiger charge is -2.34. The van der Waals surface area contributed by atoms with Gasteiger partial charge in [0.25, 0.3) is 11.5 Å². The summed E-state index contributed by atoms with van der Waals surface area (Å²) < 4.78 is 1.73. The Kier molecular flexibility index (Phi) is 5.41. The summed E-state index contributed by atoms with van der Waals surface area (Å²) in [6.07, 6.45) is 3.39. The molecule has 0 saturated heterocycles. The molecule has 1 saturated carbocycles. The van der Waals surface area contributed by atoms with E-state index in [1.807, 2.05) is 0 Å². The maximum Gasteiger partial charge on any atom is 0.329 e. The summed E-state index contributed by atoms with van der Waals surface area (Å²) in [6, 6.07) is 9.04. The van der Waals surface area contributed by atoms with Gasteiger partial charge in [0.15, 0.2) is 0 Å². The molecule has 0 bridgehead atoms. The number of amides is 1. The number of rotatable bonds is 4. The summed E-state index contributed by atoms with van der Waals surface area (Å²) in [5.41, 5.74) is 1.24. The van der Waals surface area contributed by atoms with Gasteiger partial charge in [-0.05, 0) is 47.4 Å². The van der Waals surface area contributed by atoms with Crippen molar-refractivity contribution in [2.75, 3.05) is 0 Å². The van der Waals surface area contributed by atoms with Crippen LogP contribution in [-0.4, -0.2) is 21.5 Å². The first-order chi connectivity index (χ1) is 13.9. The molecule has 2 heterocycles. The van der Waals surface area contributed by atoms with Gasteiger partial charge >= 0.3 is 5.69 Å². The number of benzene rings is 1. The third-order valence-electron chi connectivity index (χ3n) is 6.17. The number of H-pyrrole nitrogens is 1. The molecule has 0 spiro atoms. The van der Waals surface area contributed by atoms with Crippen molar-refractivity contribution in [1.82, 2.24) is 14.9 Å². The summed E-state index contributed by atoms with van der Waals surface area (Å²) in [5, 5.41) is 4.96. The Morgan fingerprint density at radius 2 is 1.93 bits per heavy atom. The van der Waals surface area contributed by atoms with Crippen molar-refractivity contribution in [3.8, 4) is 0 Å². The summed E-state index contributed by atoms with van der Waals surface area (Å²) in [7, 11) is 0. The van der Waals surface area contributed by atoms with Crippen molar-refractivity contribution in [1.29, 1.82) is 0 Å². The van der Waals surface area contributed by atoms with Gasteiger partial charge in [-0.3, -0.25) is 14.2 Å². The van der Waals surface area contributed by atoms with Gasteiger partial charge in [0.1, 0.15) is 4.70 Å². The Bertz CT molecular complexity index is 1140. The lowest BCUT2D eigenvalue weighted by molar-refractivity contribution is 0.0891. The van der Waals surface area contributed by atoms with E-state index < -0.39 is 5.69 Å². The van der Waals surface area contributed by atoms with Gasteiger partial charge < -0.3 is 10.3 Å². The molecule has 7 heteroatoms. The first-order valence-electron chi connectivity index (χ1n) is 10.0. The van der Waals surface area contributed by atoms with Gasteiger partial charge in [-0.2, -0.15) is 0 Å². The minimum absolute atomic E-state index is 0.0717. The van der Waals surface area contributed by atoms with Crippen LogP contribution in [0.15, 0.2) is 45.3 Å². The molecule has 3 aromatic rings. The van der Waals surface area contributed by atoms with Crippen molar-refractivity contribution < 1.29 is 4.79 Å². The van der Waals surface area contributed by atoms with Gasteiger partial charge in [-0.1, -0.05) is 38.8 Å². The SMILES string of the molecule is C[C@@H]1[C@H](C)CCC[C@@H]1NC(=O)c1ccc(Cn2c(=O)[nH]c3ccsc3c2=O)cc1. The van der Waals surface area contributed by atoms with Crippen LogP contribution >= 0.6 is 11.3 Å². The molecular formula is C22H25N3O3S. The zero-order valence-corrected chi connectivity index (χ0v) is 17.4. The summed E-state index contributed by atoms with van der Waals surface area (Å²) in [6.45, 7) is 4.62. The second kappa shape index (κ2) is 7.99. The summed E-state index contributed by atoms with van der Waals surface area (Å²) in [5.74, 6) is 1.02. The van der Waals surface area contributed by atoms with E-state index in [9.17, 15) is 14.4 Å². The highest BCUT2D eigenvalue weighted by Gasteiger charge is 2.28. The smallest absolute Gasteiger partial charge is 0.329 e. The number of hydrogen-bond acceptors (Lipinski definition) is 4. The molecule has 1 fully saturated rings. The lowest BCUT2D eigenvalue weighted by Crippen LogP contribution is -2.43. The van der Waals surface area contributed by atoms with Crippen molar-refractivity contribution >= 4 is 27.5 Å². The van der Waals surface area contributed by atoms with E-state index in [2.05, 4.69) is 24.1 Å². The fourth-order valence-corrected chi connectivity index (χ4v) is 4.89. The second-order valence-corrected chi connectivity index (χ2v) is 8.95. The molecule has 152 valence electrons. The van der Waals surface area contributed by atoms with E-state index in [0.717, 1.165) is 18.4 Å². The number of hydrogen-bond donors (Lipinski definition) is 2. The number of thiophene rings is 1. The average molecular weight is 412 g/mol. The van der Waals surface area contributed by atoms with Crippen LogP contribution in [0.2, 0.25) is 0 Å². The molecule has 1 aliphatic carbocycles. The predicted molar refractivity (Wildman–Crippen MR) is 116 cm³/mol. The van der Waals surface area contributed by atoms with Crippen molar-refractivity contribution in [2.24, 2.45) is 11.8 Å². The van der Waals surface area contributed by atoms with Crippen molar-refractivity contribution in [2.45, 2.75) is 45.7 Å². The van der Waals surface area contributed by atoms with Gasteiger partial charge in [0, 0.05) is 11.6 Å². The molecule has 4 rings (SSSR count). The molecule has 0 aliphatic heterocycles. The standard InChI is InChI=1S/C22H25N3O3S/c1-13-4-3-5-17(14(13)2)23-20(26)16-8-6-15(7-9-16)12-25-21(27)19-18(10-11-29-19)24-22(25)28/h6-11,13-14,17H,3-5,12H2,1-2H3,(H,23,26)(H,24,28)/t13-,14-,17+/m1/s1. The first-order valence-corrected chi connectivity index (χ1v) is 10.9. The van der Waals surface area contributed by atoms with E-state index in [-0.39, 0.29) is 24.1 Å². The largest absolute Gasteiger partial charge is 0.349 e. The highest BCUT2D eigenvalue weighted by Crippen LogP contribution is 2.29. The van der Waals surface area contributed by atoms with E-state index in [1.54, 1.807) is 35.7 Å². The van der Waals surface area contributed by atoms with Gasteiger partial charge in [0.05, 0.1) is 12.1 Å². The maximum atomic E-state index is 12.6. The van der Waals surface area contributed by atoms with Crippen LogP contribution in [0.25, 0.3) is 10.2 Å². The summed E-state index contributed by atoms with van der Waals surface area (Å²) in [4.78, 5) is 40.2. The minimum atomic E-state index is -0.428. The van der Waals surface area contributed by atoms with E-state index in [4.69, 9.17) is 0 Å². The zero-order chi connectivity index (χ0) is 20.5. The van der Waals surface area contributed by atoms with Gasteiger partial charge in [0.2, 0.25) is 0 Å².